The Morgan fingerprint density at radius 3 is 2.62 bits per heavy atom. The Kier molecular flexibility index (Phi) is 3.24. The standard InChI is InChI=1S/C18H19N7O/c19-15-13(10-4-6-12(7-5-10)25-9-8-21-24-25)14-16(11-2-1-3-11)22-23-18(14)26-17(15)20/h4-9,11,13H,1-3,19-20H2,(H,22,23). The summed E-state index contributed by atoms with van der Waals surface area (Å²) in [5.74, 6) is 1.07. The number of nitrogens with one attached hydrogen (secondary N) is 1. The Morgan fingerprint density at radius 2 is 1.96 bits per heavy atom. The number of nitrogens with two attached hydrogens (primary N) is 2. The molecule has 2 aliphatic rings. The molecule has 5 N–H and O–H groups in total. The van der Waals surface area contributed by atoms with Crippen LogP contribution in [0.25, 0.3) is 5.69 Å². The molecule has 2 aromatic heterocycles. The molecule has 26 heavy (non-hydrogen) atoms. The maximum atomic E-state index is 6.35. The molecule has 0 saturated heterocycles. The molecule has 1 atom stereocenters. The number of H-pyrrole nitrogens is 1. The van der Waals surface area contributed by atoms with E-state index in [0.717, 1.165) is 35.3 Å². The third-order valence-corrected chi connectivity index (χ3v) is 5.32. The molecular formula is C18H19N7O. The van der Waals surface area contributed by atoms with Gasteiger partial charge in [-0.3, -0.25) is 5.10 Å². The average Bonchev–Trinajstić information content (AvgIpc) is 3.26. The maximum absolute atomic E-state index is 6.35. The number of fused-ring (bicyclic) bond motifs is 1. The summed E-state index contributed by atoms with van der Waals surface area (Å²) in [6.45, 7) is 0. The number of aromatic nitrogens is 5. The first-order chi connectivity index (χ1) is 12.7. The van der Waals surface area contributed by atoms with Crippen molar-refractivity contribution in [2.24, 2.45) is 11.5 Å². The molecule has 3 heterocycles. The maximum Gasteiger partial charge on any atom is 0.244 e. The second-order valence-electron chi connectivity index (χ2n) is 6.78. The summed E-state index contributed by atoms with van der Waals surface area (Å²) in [4.78, 5) is 0. The van der Waals surface area contributed by atoms with E-state index in [-0.39, 0.29) is 11.8 Å². The van der Waals surface area contributed by atoms with Crippen molar-refractivity contribution >= 4 is 0 Å². The highest BCUT2D eigenvalue weighted by molar-refractivity contribution is 5.52. The van der Waals surface area contributed by atoms with E-state index in [9.17, 15) is 0 Å². The lowest BCUT2D eigenvalue weighted by atomic mass is 9.77. The van der Waals surface area contributed by atoms with Crippen LogP contribution in [-0.2, 0) is 0 Å². The van der Waals surface area contributed by atoms with E-state index >= 15 is 0 Å². The number of allylic oxidation sites excluding steroid dienone is 1. The number of rotatable bonds is 3. The van der Waals surface area contributed by atoms with Crippen molar-refractivity contribution in [1.29, 1.82) is 0 Å². The molecule has 1 aliphatic carbocycles. The first-order valence-electron chi connectivity index (χ1n) is 8.70. The van der Waals surface area contributed by atoms with Crippen LogP contribution in [0.4, 0.5) is 0 Å². The van der Waals surface area contributed by atoms with Crippen LogP contribution in [0.2, 0.25) is 0 Å². The minimum atomic E-state index is -0.169. The minimum Gasteiger partial charge on any atom is -0.419 e. The summed E-state index contributed by atoms with van der Waals surface area (Å²) in [6, 6.07) is 8.06. The van der Waals surface area contributed by atoms with E-state index in [2.05, 4.69) is 20.5 Å². The smallest absolute Gasteiger partial charge is 0.244 e. The van der Waals surface area contributed by atoms with Gasteiger partial charge in [-0.2, -0.15) is 0 Å². The third-order valence-electron chi connectivity index (χ3n) is 5.32. The van der Waals surface area contributed by atoms with E-state index in [1.54, 1.807) is 17.1 Å². The molecule has 3 aromatic rings. The molecule has 0 spiro atoms. The van der Waals surface area contributed by atoms with Crippen LogP contribution in [-0.4, -0.2) is 25.2 Å². The monoisotopic (exact) mass is 349 g/mol. The van der Waals surface area contributed by atoms with Crippen molar-refractivity contribution < 1.29 is 4.74 Å². The Hall–Kier alpha value is -3.29. The SMILES string of the molecule is NC1=C(N)C(c2ccc(-n3ccnn3)cc2)c2c(n[nH]c2C2CCC2)O1. The lowest BCUT2D eigenvalue weighted by Crippen LogP contribution is -2.27. The van der Waals surface area contributed by atoms with Crippen molar-refractivity contribution in [2.45, 2.75) is 31.1 Å². The summed E-state index contributed by atoms with van der Waals surface area (Å²) in [5.41, 5.74) is 17.0. The first kappa shape index (κ1) is 15.0. The third kappa shape index (κ3) is 2.18. The Bertz CT molecular complexity index is 968. The van der Waals surface area contributed by atoms with E-state index in [1.807, 2.05) is 24.3 Å². The summed E-state index contributed by atoms with van der Waals surface area (Å²) < 4.78 is 7.36. The molecule has 1 aromatic carbocycles. The number of nitrogens with zero attached hydrogens (tertiary/aromatic N) is 4. The van der Waals surface area contributed by atoms with Crippen LogP contribution >= 0.6 is 0 Å². The molecule has 0 radical (unpaired) electrons. The van der Waals surface area contributed by atoms with Gasteiger partial charge in [-0.25, -0.2) is 4.68 Å². The molecule has 5 rings (SSSR count). The molecule has 8 nitrogen and oxygen atoms in total. The van der Waals surface area contributed by atoms with Gasteiger partial charge in [-0.05, 0) is 30.5 Å². The van der Waals surface area contributed by atoms with Crippen LogP contribution in [0.5, 0.6) is 5.88 Å². The lowest BCUT2D eigenvalue weighted by Gasteiger charge is -2.30. The zero-order valence-corrected chi connectivity index (χ0v) is 14.1. The van der Waals surface area contributed by atoms with Crippen molar-refractivity contribution in [2.75, 3.05) is 0 Å². The van der Waals surface area contributed by atoms with Gasteiger partial charge in [0.25, 0.3) is 0 Å². The fourth-order valence-electron chi connectivity index (χ4n) is 3.68. The fraction of sp³-hybridized carbons (Fsp3) is 0.278. The van der Waals surface area contributed by atoms with E-state index < -0.39 is 0 Å². The zero-order valence-electron chi connectivity index (χ0n) is 14.1. The molecule has 132 valence electrons. The molecule has 8 heteroatoms. The summed E-state index contributed by atoms with van der Waals surface area (Å²) >= 11 is 0. The highest BCUT2D eigenvalue weighted by Crippen LogP contribution is 2.47. The molecule has 1 fully saturated rings. The molecule has 0 bridgehead atoms. The van der Waals surface area contributed by atoms with Crippen molar-refractivity contribution in [3.05, 3.63) is 65.1 Å². The number of benzene rings is 1. The molecule has 1 aliphatic heterocycles. The topological polar surface area (TPSA) is 121 Å². The first-order valence-corrected chi connectivity index (χ1v) is 8.70. The van der Waals surface area contributed by atoms with Gasteiger partial charge in [0.1, 0.15) is 0 Å². The van der Waals surface area contributed by atoms with E-state index in [1.165, 1.54) is 6.42 Å². The predicted molar refractivity (Wildman–Crippen MR) is 94.4 cm³/mol. The van der Waals surface area contributed by atoms with Crippen molar-refractivity contribution in [1.82, 2.24) is 25.2 Å². The minimum absolute atomic E-state index is 0.169. The lowest BCUT2D eigenvalue weighted by molar-refractivity contribution is 0.371. The van der Waals surface area contributed by atoms with Gasteiger partial charge >= 0.3 is 0 Å². The van der Waals surface area contributed by atoms with Crippen LogP contribution < -0.4 is 16.2 Å². The van der Waals surface area contributed by atoms with Crippen LogP contribution in [0.3, 0.4) is 0 Å². The largest absolute Gasteiger partial charge is 0.419 e. The number of ether oxygens (including phenoxy) is 1. The van der Waals surface area contributed by atoms with Gasteiger partial charge in [0.15, 0.2) is 0 Å². The normalized spacial score (nSPS) is 19.8. The van der Waals surface area contributed by atoms with Gasteiger partial charge < -0.3 is 16.2 Å². The predicted octanol–water partition coefficient (Wildman–Crippen LogP) is 1.87. The van der Waals surface area contributed by atoms with Gasteiger partial charge in [0.05, 0.1) is 35.3 Å². The molecule has 1 unspecified atom stereocenters. The molecule has 1 saturated carbocycles. The van der Waals surface area contributed by atoms with Gasteiger partial charge in [-0.1, -0.05) is 23.8 Å². The van der Waals surface area contributed by atoms with Crippen LogP contribution in [0.15, 0.2) is 48.2 Å². The summed E-state index contributed by atoms with van der Waals surface area (Å²) in [6.07, 6.45) is 7.01. The van der Waals surface area contributed by atoms with Crippen LogP contribution in [0, 0.1) is 0 Å². The highest BCUT2D eigenvalue weighted by atomic mass is 16.5. The van der Waals surface area contributed by atoms with Crippen LogP contribution in [0.1, 0.15) is 47.9 Å². The second kappa shape index (κ2) is 5.62. The molecule has 0 amide bonds. The van der Waals surface area contributed by atoms with Gasteiger partial charge in [0, 0.05) is 11.6 Å². The highest BCUT2D eigenvalue weighted by Gasteiger charge is 2.37. The van der Waals surface area contributed by atoms with E-state index in [0.29, 0.717) is 17.5 Å². The Morgan fingerprint density at radius 1 is 1.15 bits per heavy atom. The van der Waals surface area contributed by atoms with Gasteiger partial charge in [0.2, 0.25) is 11.8 Å². The fourth-order valence-corrected chi connectivity index (χ4v) is 3.68. The Balaban J connectivity index is 1.58. The number of aromatic amines is 1. The quantitative estimate of drug-likeness (QED) is 0.664. The summed E-state index contributed by atoms with van der Waals surface area (Å²) in [5, 5.41) is 15.4. The number of hydrogen-bond acceptors (Lipinski definition) is 6. The average molecular weight is 349 g/mol. The van der Waals surface area contributed by atoms with E-state index in [4.69, 9.17) is 16.2 Å². The number of hydrogen-bond donors (Lipinski definition) is 3. The Labute approximate surface area is 149 Å². The van der Waals surface area contributed by atoms with Gasteiger partial charge in [-0.15, -0.1) is 10.2 Å². The summed E-state index contributed by atoms with van der Waals surface area (Å²) in [7, 11) is 0. The zero-order chi connectivity index (χ0) is 17.7. The van der Waals surface area contributed by atoms with Crippen molar-refractivity contribution in [3.8, 4) is 11.6 Å². The second-order valence-corrected chi connectivity index (χ2v) is 6.78. The van der Waals surface area contributed by atoms with Crippen molar-refractivity contribution in [3.63, 3.8) is 0 Å². The molecular weight excluding hydrogens is 330 g/mol.